The Hall–Kier alpha value is -2.17. The predicted molar refractivity (Wildman–Crippen MR) is 75.8 cm³/mol. The second kappa shape index (κ2) is 5.07. The van der Waals surface area contributed by atoms with E-state index in [1.54, 1.807) is 0 Å². The van der Waals surface area contributed by atoms with Crippen LogP contribution < -0.4 is 0 Å². The van der Waals surface area contributed by atoms with Crippen molar-refractivity contribution in [1.82, 2.24) is 5.06 Å². The number of nitrogens with zero attached hydrogens (tertiary/aromatic N) is 1. The summed E-state index contributed by atoms with van der Waals surface area (Å²) in [5.74, 6) is 0.0341. The van der Waals surface area contributed by atoms with E-state index in [1.807, 2.05) is 54.6 Å². The molecule has 20 heavy (non-hydrogen) atoms. The van der Waals surface area contributed by atoms with E-state index in [-0.39, 0.29) is 5.84 Å². The Morgan fingerprint density at radius 2 is 1.70 bits per heavy atom. The van der Waals surface area contributed by atoms with Gasteiger partial charge >= 0.3 is 0 Å². The molecule has 0 saturated heterocycles. The molecule has 0 fully saturated rings. The molecule has 0 aromatic heterocycles. The number of aliphatic hydroxyl groups is 1. The van der Waals surface area contributed by atoms with Gasteiger partial charge in [0.1, 0.15) is 6.10 Å². The molecule has 3 N–H and O–H groups in total. The SMILES string of the molecule is N=C1c2ccccc2C[C@H]([C@@H](O)c2ccccc2)N1O. The summed E-state index contributed by atoms with van der Waals surface area (Å²) in [6.07, 6.45) is -0.333. The van der Waals surface area contributed by atoms with E-state index in [0.717, 1.165) is 16.2 Å². The first-order valence-electron chi connectivity index (χ1n) is 6.56. The topological polar surface area (TPSA) is 67.5 Å². The van der Waals surface area contributed by atoms with Crippen molar-refractivity contribution in [2.75, 3.05) is 0 Å². The third-order valence-electron chi connectivity index (χ3n) is 3.75. The monoisotopic (exact) mass is 268 g/mol. The van der Waals surface area contributed by atoms with Gasteiger partial charge in [0, 0.05) is 5.56 Å². The van der Waals surface area contributed by atoms with E-state index in [4.69, 9.17) is 5.41 Å². The molecule has 0 amide bonds. The summed E-state index contributed by atoms with van der Waals surface area (Å²) in [4.78, 5) is 0. The molecule has 4 nitrogen and oxygen atoms in total. The van der Waals surface area contributed by atoms with Crippen molar-refractivity contribution < 1.29 is 10.3 Å². The molecule has 0 saturated carbocycles. The highest BCUT2D eigenvalue weighted by Gasteiger charge is 2.34. The summed E-state index contributed by atoms with van der Waals surface area (Å²) >= 11 is 0. The largest absolute Gasteiger partial charge is 0.386 e. The summed E-state index contributed by atoms with van der Waals surface area (Å²) < 4.78 is 0. The lowest BCUT2D eigenvalue weighted by atomic mass is 9.89. The van der Waals surface area contributed by atoms with E-state index in [0.29, 0.717) is 12.0 Å². The maximum Gasteiger partial charge on any atom is 0.152 e. The number of fused-ring (bicyclic) bond motifs is 1. The Morgan fingerprint density at radius 1 is 1.05 bits per heavy atom. The number of nitrogens with one attached hydrogen (secondary N) is 1. The molecule has 0 radical (unpaired) electrons. The van der Waals surface area contributed by atoms with Crippen molar-refractivity contribution in [3.05, 3.63) is 71.3 Å². The van der Waals surface area contributed by atoms with E-state index < -0.39 is 12.1 Å². The average Bonchev–Trinajstić information content (AvgIpc) is 2.51. The summed E-state index contributed by atoms with van der Waals surface area (Å²) in [5, 5.41) is 29.5. The Kier molecular flexibility index (Phi) is 3.26. The smallest absolute Gasteiger partial charge is 0.152 e. The first kappa shape index (κ1) is 12.8. The van der Waals surface area contributed by atoms with E-state index in [2.05, 4.69) is 0 Å². The first-order valence-corrected chi connectivity index (χ1v) is 6.56. The van der Waals surface area contributed by atoms with Crippen LogP contribution in [0.5, 0.6) is 0 Å². The molecule has 0 aliphatic carbocycles. The molecule has 3 rings (SSSR count). The van der Waals surface area contributed by atoms with Crippen molar-refractivity contribution in [2.45, 2.75) is 18.6 Å². The zero-order valence-corrected chi connectivity index (χ0v) is 10.9. The second-order valence-electron chi connectivity index (χ2n) is 4.98. The summed E-state index contributed by atoms with van der Waals surface area (Å²) in [5.41, 5.74) is 2.43. The molecule has 2 atom stereocenters. The molecule has 2 aromatic carbocycles. The lowest BCUT2D eigenvalue weighted by Crippen LogP contribution is -2.46. The molecule has 4 heteroatoms. The van der Waals surface area contributed by atoms with Gasteiger partial charge in [0.05, 0.1) is 6.04 Å². The van der Waals surface area contributed by atoms with Gasteiger partial charge in [-0.25, -0.2) is 5.06 Å². The molecule has 0 bridgehead atoms. The number of hydrogen-bond acceptors (Lipinski definition) is 3. The van der Waals surface area contributed by atoms with Crippen LogP contribution in [0.25, 0.3) is 0 Å². The minimum absolute atomic E-state index is 0.0341. The zero-order chi connectivity index (χ0) is 14.1. The first-order chi connectivity index (χ1) is 9.68. The molecule has 0 unspecified atom stereocenters. The normalized spacial score (nSPS) is 19.6. The molecule has 1 aliphatic rings. The fraction of sp³-hybridized carbons (Fsp3) is 0.188. The minimum Gasteiger partial charge on any atom is -0.386 e. The van der Waals surface area contributed by atoms with Crippen LogP contribution in [0.3, 0.4) is 0 Å². The number of hydrogen-bond donors (Lipinski definition) is 3. The second-order valence-corrected chi connectivity index (χ2v) is 4.98. The molecular weight excluding hydrogens is 252 g/mol. The van der Waals surface area contributed by atoms with Crippen LogP contribution in [-0.4, -0.2) is 27.3 Å². The third-order valence-corrected chi connectivity index (χ3v) is 3.75. The number of rotatable bonds is 2. The van der Waals surface area contributed by atoms with Crippen molar-refractivity contribution in [2.24, 2.45) is 0 Å². The maximum atomic E-state index is 10.5. The number of benzene rings is 2. The van der Waals surface area contributed by atoms with Gasteiger partial charge in [0.2, 0.25) is 0 Å². The van der Waals surface area contributed by atoms with Crippen molar-refractivity contribution in [3.63, 3.8) is 0 Å². The molecule has 0 spiro atoms. The van der Waals surface area contributed by atoms with Gasteiger partial charge in [-0.05, 0) is 17.5 Å². The highest BCUT2D eigenvalue weighted by Crippen LogP contribution is 2.29. The molecule has 1 heterocycles. The Bertz CT molecular complexity index is 627. The summed E-state index contributed by atoms with van der Waals surface area (Å²) in [7, 11) is 0. The van der Waals surface area contributed by atoms with Crippen LogP contribution in [-0.2, 0) is 6.42 Å². The van der Waals surface area contributed by atoms with Gasteiger partial charge in [-0.3, -0.25) is 10.6 Å². The van der Waals surface area contributed by atoms with Crippen LogP contribution in [0, 0.1) is 5.41 Å². The summed E-state index contributed by atoms with van der Waals surface area (Å²) in [6.45, 7) is 0. The Morgan fingerprint density at radius 3 is 2.45 bits per heavy atom. The van der Waals surface area contributed by atoms with Gasteiger partial charge in [-0.2, -0.15) is 0 Å². The highest BCUT2D eigenvalue weighted by molar-refractivity contribution is 5.98. The lowest BCUT2D eigenvalue weighted by Gasteiger charge is -2.36. The molecular formula is C16H16N2O2. The third kappa shape index (κ3) is 2.09. The number of hydroxylamine groups is 2. The van der Waals surface area contributed by atoms with Crippen LogP contribution in [0.4, 0.5) is 0 Å². The summed E-state index contributed by atoms with van der Waals surface area (Å²) in [6, 6.07) is 16.2. The van der Waals surface area contributed by atoms with Gasteiger partial charge in [-0.1, -0.05) is 54.6 Å². The Balaban J connectivity index is 1.94. The van der Waals surface area contributed by atoms with Gasteiger partial charge in [-0.15, -0.1) is 0 Å². The predicted octanol–water partition coefficient (Wildman–Crippen LogP) is 2.36. The van der Waals surface area contributed by atoms with E-state index in [1.165, 1.54) is 0 Å². The quantitative estimate of drug-likeness (QED) is 0.783. The molecule has 2 aromatic rings. The van der Waals surface area contributed by atoms with Gasteiger partial charge in [0.25, 0.3) is 0 Å². The van der Waals surface area contributed by atoms with E-state index >= 15 is 0 Å². The standard InChI is InChI=1S/C16H16N2O2/c17-16-13-9-5-4-8-12(13)10-14(18(16)20)15(19)11-6-2-1-3-7-11/h1-9,14-15,17,19-20H,10H2/t14-,15+/m1/s1. The highest BCUT2D eigenvalue weighted by atomic mass is 16.5. The molecule has 102 valence electrons. The fourth-order valence-corrected chi connectivity index (χ4v) is 2.65. The maximum absolute atomic E-state index is 10.5. The van der Waals surface area contributed by atoms with Gasteiger partial charge in [0.15, 0.2) is 5.84 Å². The Labute approximate surface area is 117 Å². The van der Waals surface area contributed by atoms with E-state index in [9.17, 15) is 10.3 Å². The number of amidine groups is 1. The minimum atomic E-state index is -0.838. The van der Waals surface area contributed by atoms with Crippen LogP contribution >= 0.6 is 0 Å². The van der Waals surface area contributed by atoms with Crippen LogP contribution in [0.1, 0.15) is 22.8 Å². The van der Waals surface area contributed by atoms with Crippen molar-refractivity contribution >= 4 is 5.84 Å². The molecule has 1 aliphatic heterocycles. The number of aliphatic hydroxyl groups excluding tert-OH is 1. The van der Waals surface area contributed by atoms with Crippen LogP contribution in [0.2, 0.25) is 0 Å². The van der Waals surface area contributed by atoms with Gasteiger partial charge < -0.3 is 5.11 Å². The average molecular weight is 268 g/mol. The van der Waals surface area contributed by atoms with Crippen molar-refractivity contribution in [3.8, 4) is 0 Å². The van der Waals surface area contributed by atoms with Crippen molar-refractivity contribution in [1.29, 1.82) is 5.41 Å². The lowest BCUT2D eigenvalue weighted by molar-refractivity contribution is -0.0970. The fourth-order valence-electron chi connectivity index (χ4n) is 2.65. The zero-order valence-electron chi connectivity index (χ0n) is 10.9. The van der Waals surface area contributed by atoms with Crippen LogP contribution in [0.15, 0.2) is 54.6 Å².